The van der Waals surface area contributed by atoms with Crippen molar-refractivity contribution in [1.82, 2.24) is 24.2 Å². The Morgan fingerprint density at radius 1 is 1.17 bits per heavy atom. The zero-order valence-electron chi connectivity index (χ0n) is 18.1. The lowest BCUT2D eigenvalue weighted by atomic mass is 10.1. The number of likely N-dealkylation sites (tertiary alicyclic amines) is 1. The number of hydrogen-bond donors (Lipinski definition) is 0. The zero-order chi connectivity index (χ0) is 21.3. The summed E-state index contributed by atoms with van der Waals surface area (Å²) in [5.41, 5.74) is 4.22. The summed E-state index contributed by atoms with van der Waals surface area (Å²) < 4.78 is 9.28. The molecule has 2 aromatic heterocycles. The molecule has 0 spiro atoms. The summed E-state index contributed by atoms with van der Waals surface area (Å²) >= 11 is 0. The smallest absolute Gasteiger partial charge is 0.244 e. The topological polar surface area (TPSA) is 65.2 Å². The van der Waals surface area contributed by atoms with Gasteiger partial charge in [0, 0.05) is 30.7 Å². The molecule has 158 valence electrons. The molecule has 1 aromatic carbocycles. The minimum atomic E-state index is 0.00131. The van der Waals surface area contributed by atoms with Gasteiger partial charge in [0.1, 0.15) is 18.1 Å². The Balaban J connectivity index is 1.55. The maximum absolute atomic E-state index is 13.1. The largest absolute Gasteiger partial charge is 0.497 e. The van der Waals surface area contributed by atoms with Gasteiger partial charge in [-0.15, -0.1) is 0 Å². The molecule has 1 fully saturated rings. The summed E-state index contributed by atoms with van der Waals surface area (Å²) in [4.78, 5) is 19.8. The maximum Gasteiger partial charge on any atom is 0.244 e. The molecule has 0 radical (unpaired) electrons. The highest BCUT2D eigenvalue weighted by Gasteiger charge is 2.33. The average molecular weight is 408 g/mol. The molecule has 0 bridgehead atoms. The van der Waals surface area contributed by atoms with Crippen molar-refractivity contribution in [3.8, 4) is 5.75 Å². The van der Waals surface area contributed by atoms with E-state index in [1.54, 1.807) is 11.8 Å². The van der Waals surface area contributed by atoms with Gasteiger partial charge in [-0.1, -0.05) is 12.1 Å². The van der Waals surface area contributed by atoms with Crippen LogP contribution in [0.2, 0.25) is 0 Å². The van der Waals surface area contributed by atoms with Crippen LogP contribution >= 0.6 is 0 Å². The highest BCUT2D eigenvalue weighted by Crippen LogP contribution is 2.32. The van der Waals surface area contributed by atoms with E-state index < -0.39 is 0 Å². The number of ether oxygens (including phenoxy) is 1. The van der Waals surface area contributed by atoms with Gasteiger partial charge < -0.3 is 14.2 Å². The van der Waals surface area contributed by atoms with Crippen LogP contribution in [-0.2, 0) is 17.9 Å². The van der Waals surface area contributed by atoms with E-state index in [0.29, 0.717) is 0 Å². The van der Waals surface area contributed by atoms with Crippen LogP contribution in [0.4, 0.5) is 0 Å². The number of aryl methyl sites for hydroxylation is 3. The molecule has 1 aliphatic rings. The summed E-state index contributed by atoms with van der Waals surface area (Å²) in [7, 11) is 1.67. The molecule has 1 saturated heterocycles. The van der Waals surface area contributed by atoms with Crippen LogP contribution in [0.25, 0.3) is 0 Å². The number of carbonyl (C=O) groups is 1. The van der Waals surface area contributed by atoms with Crippen LogP contribution in [0, 0.1) is 20.8 Å². The van der Waals surface area contributed by atoms with E-state index in [2.05, 4.69) is 28.7 Å². The van der Waals surface area contributed by atoms with Crippen LogP contribution in [0.3, 0.4) is 0 Å². The number of nitrogens with zero attached hydrogens (tertiary/aromatic N) is 5. The second kappa shape index (κ2) is 8.34. The van der Waals surface area contributed by atoms with E-state index in [4.69, 9.17) is 9.72 Å². The summed E-state index contributed by atoms with van der Waals surface area (Å²) in [6.45, 7) is 7.76. The van der Waals surface area contributed by atoms with Crippen LogP contribution < -0.4 is 4.74 Å². The summed E-state index contributed by atoms with van der Waals surface area (Å²) in [5, 5.41) is 4.45. The van der Waals surface area contributed by atoms with Crippen molar-refractivity contribution >= 4 is 5.91 Å². The second-order valence-corrected chi connectivity index (χ2v) is 8.02. The molecule has 1 amide bonds. The van der Waals surface area contributed by atoms with Crippen molar-refractivity contribution in [2.24, 2.45) is 0 Å². The highest BCUT2D eigenvalue weighted by atomic mass is 16.5. The molecule has 0 saturated carbocycles. The minimum absolute atomic E-state index is 0.00131. The molecular weight excluding hydrogens is 378 g/mol. The number of benzene rings is 1. The van der Waals surface area contributed by atoms with E-state index in [0.717, 1.165) is 54.6 Å². The molecule has 0 aliphatic carbocycles. The molecule has 3 heterocycles. The third-order valence-corrected chi connectivity index (χ3v) is 5.85. The third-order valence-electron chi connectivity index (χ3n) is 5.85. The van der Waals surface area contributed by atoms with Crippen molar-refractivity contribution in [2.45, 2.75) is 52.7 Å². The van der Waals surface area contributed by atoms with Crippen LogP contribution in [0.1, 0.15) is 47.4 Å². The van der Waals surface area contributed by atoms with Gasteiger partial charge in [0.25, 0.3) is 0 Å². The standard InChI is InChI=1S/C23H29N5O2/c1-16-12-17(2)28(25-16)15-22(29)26-11-5-6-21(26)23-24-13-18(3)27(23)14-19-7-9-20(30-4)10-8-19/h7-10,12-13,21H,5-6,11,14-15H2,1-4H3. The lowest BCUT2D eigenvalue weighted by Gasteiger charge is -2.25. The van der Waals surface area contributed by atoms with Crippen LogP contribution in [0.5, 0.6) is 5.75 Å². The van der Waals surface area contributed by atoms with E-state index in [9.17, 15) is 4.79 Å². The predicted molar refractivity (Wildman–Crippen MR) is 114 cm³/mol. The number of imidazole rings is 1. The first-order valence-electron chi connectivity index (χ1n) is 10.4. The Labute approximate surface area is 177 Å². The van der Waals surface area contributed by atoms with Crippen molar-refractivity contribution in [1.29, 1.82) is 0 Å². The molecule has 4 rings (SSSR count). The van der Waals surface area contributed by atoms with Gasteiger partial charge in [0.15, 0.2) is 0 Å². The van der Waals surface area contributed by atoms with Crippen molar-refractivity contribution in [3.63, 3.8) is 0 Å². The fraction of sp³-hybridized carbons (Fsp3) is 0.435. The average Bonchev–Trinajstić information content (AvgIpc) is 3.42. The summed E-state index contributed by atoms with van der Waals surface area (Å²) in [6, 6.07) is 10.1. The van der Waals surface area contributed by atoms with Crippen molar-refractivity contribution < 1.29 is 9.53 Å². The first-order valence-corrected chi connectivity index (χ1v) is 10.4. The van der Waals surface area contributed by atoms with Gasteiger partial charge in [0.05, 0.1) is 18.8 Å². The monoisotopic (exact) mass is 407 g/mol. The zero-order valence-corrected chi connectivity index (χ0v) is 18.1. The second-order valence-electron chi connectivity index (χ2n) is 8.02. The lowest BCUT2D eigenvalue weighted by molar-refractivity contribution is -0.133. The lowest BCUT2D eigenvalue weighted by Crippen LogP contribution is -2.35. The van der Waals surface area contributed by atoms with Gasteiger partial charge in [-0.2, -0.15) is 5.10 Å². The van der Waals surface area contributed by atoms with Gasteiger partial charge >= 0.3 is 0 Å². The van der Waals surface area contributed by atoms with Crippen LogP contribution in [0.15, 0.2) is 36.5 Å². The first-order chi connectivity index (χ1) is 14.5. The highest BCUT2D eigenvalue weighted by molar-refractivity contribution is 5.76. The molecule has 7 nitrogen and oxygen atoms in total. The van der Waals surface area contributed by atoms with Gasteiger partial charge in [-0.05, 0) is 57.4 Å². The minimum Gasteiger partial charge on any atom is -0.497 e. The molecule has 0 N–H and O–H groups in total. The number of aromatic nitrogens is 4. The quantitative estimate of drug-likeness (QED) is 0.628. The Kier molecular flexibility index (Phi) is 5.61. The Morgan fingerprint density at radius 3 is 2.60 bits per heavy atom. The molecule has 1 atom stereocenters. The maximum atomic E-state index is 13.1. The van der Waals surface area contributed by atoms with Gasteiger partial charge in [-0.3, -0.25) is 9.48 Å². The van der Waals surface area contributed by atoms with E-state index in [-0.39, 0.29) is 18.5 Å². The van der Waals surface area contributed by atoms with E-state index in [1.807, 2.05) is 43.1 Å². The molecule has 30 heavy (non-hydrogen) atoms. The van der Waals surface area contributed by atoms with Crippen molar-refractivity contribution in [2.75, 3.05) is 13.7 Å². The molecule has 1 aliphatic heterocycles. The van der Waals surface area contributed by atoms with E-state index >= 15 is 0 Å². The number of amides is 1. The molecular formula is C23H29N5O2. The Bertz CT molecular complexity index is 1030. The van der Waals surface area contributed by atoms with Gasteiger partial charge in [-0.25, -0.2) is 4.98 Å². The SMILES string of the molecule is COc1ccc(Cn2c(C)cnc2C2CCCN2C(=O)Cn2nc(C)cc2C)cc1. The Morgan fingerprint density at radius 2 is 1.93 bits per heavy atom. The number of hydrogen-bond acceptors (Lipinski definition) is 4. The summed E-state index contributed by atoms with van der Waals surface area (Å²) in [5.74, 6) is 1.90. The number of methoxy groups -OCH3 is 1. The normalized spacial score (nSPS) is 16.3. The van der Waals surface area contributed by atoms with Crippen LogP contribution in [-0.4, -0.2) is 43.8 Å². The van der Waals surface area contributed by atoms with E-state index in [1.165, 1.54) is 5.56 Å². The third kappa shape index (κ3) is 3.97. The predicted octanol–water partition coefficient (Wildman–Crippen LogP) is 3.43. The van der Waals surface area contributed by atoms with Crippen molar-refractivity contribution in [3.05, 3.63) is 65.0 Å². The van der Waals surface area contributed by atoms with Gasteiger partial charge in [0.2, 0.25) is 5.91 Å². The molecule has 7 heteroatoms. The first kappa shape index (κ1) is 20.2. The molecule has 3 aromatic rings. The fourth-order valence-corrected chi connectivity index (χ4v) is 4.25. The molecule has 1 unspecified atom stereocenters. The number of carbonyl (C=O) groups excluding carboxylic acids is 1. The Hall–Kier alpha value is -3.09. The number of rotatable bonds is 6. The summed E-state index contributed by atoms with van der Waals surface area (Å²) in [6.07, 6.45) is 3.82. The fourth-order valence-electron chi connectivity index (χ4n) is 4.25.